The number of carbonyl (C=O) groups is 2. The van der Waals surface area contributed by atoms with E-state index >= 15 is 0 Å². The van der Waals surface area contributed by atoms with Gasteiger partial charge < -0.3 is 15.1 Å². The summed E-state index contributed by atoms with van der Waals surface area (Å²) < 4.78 is 0. The molecule has 1 amide bonds. The van der Waals surface area contributed by atoms with E-state index in [1.165, 1.54) is 4.90 Å². The topological polar surface area (TPSA) is 90.7 Å². The van der Waals surface area contributed by atoms with Crippen LogP contribution in [-0.4, -0.2) is 45.2 Å². The summed E-state index contributed by atoms with van der Waals surface area (Å²) in [4.78, 5) is 29.7. The third-order valence-electron chi connectivity index (χ3n) is 5.72. The van der Waals surface area contributed by atoms with Crippen LogP contribution in [0.3, 0.4) is 0 Å². The molecule has 1 aromatic heterocycles. The Morgan fingerprint density at radius 2 is 1.61 bits per heavy atom. The first-order valence-corrected chi connectivity index (χ1v) is 11.2. The largest absolute Gasteiger partial charge is 0.481 e. The number of aromatic nitrogens is 1. The van der Waals surface area contributed by atoms with Crippen LogP contribution in [0.5, 0.6) is 0 Å². The van der Waals surface area contributed by atoms with Gasteiger partial charge in [-0.05, 0) is 54.0 Å². The molecule has 0 saturated heterocycles. The van der Waals surface area contributed by atoms with Gasteiger partial charge in [-0.25, -0.2) is 0 Å². The number of benzene rings is 2. The molecule has 2 N–H and O–H groups in total. The highest BCUT2D eigenvalue weighted by Crippen LogP contribution is 2.21. The van der Waals surface area contributed by atoms with Gasteiger partial charge >= 0.3 is 5.97 Å². The second kappa shape index (κ2) is 12.5. The number of pyridine rings is 1. The van der Waals surface area contributed by atoms with E-state index in [1.807, 2.05) is 30.3 Å². The van der Waals surface area contributed by atoms with Crippen molar-refractivity contribution in [3.05, 3.63) is 90.3 Å². The van der Waals surface area contributed by atoms with Crippen LogP contribution in [0.1, 0.15) is 30.4 Å². The minimum Gasteiger partial charge on any atom is -0.481 e. The molecule has 33 heavy (non-hydrogen) atoms. The average molecular weight is 447 g/mol. The van der Waals surface area contributed by atoms with Gasteiger partial charge in [-0.1, -0.05) is 60.7 Å². The summed E-state index contributed by atoms with van der Waals surface area (Å²) in [7, 11) is 0. The van der Waals surface area contributed by atoms with Crippen molar-refractivity contribution < 1.29 is 19.8 Å². The molecule has 0 aliphatic heterocycles. The van der Waals surface area contributed by atoms with Gasteiger partial charge in [-0.15, -0.1) is 0 Å². The van der Waals surface area contributed by atoms with Crippen molar-refractivity contribution in [2.24, 2.45) is 5.92 Å². The van der Waals surface area contributed by atoms with Crippen LogP contribution in [0.15, 0.2) is 79.1 Å². The lowest BCUT2D eigenvalue weighted by Crippen LogP contribution is -2.39. The number of carboxylic acids is 1. The number of hydrogen-bond acceptors (Lipinski definition) is 4. The van der Waals surface area contributed by atoms with Crippen molar-refractivity contribution in [1.82, 2.24) is 9.88 Å². The Hall–Kier alpha value is -3.51. The van der Waals surface area contributed by atoms with Gasteiger partial charge in [0.05, 0.1) is 6.42 Å². The number of carboxylic acid groups (broad SMARTS) is 1. The molecule has 1 heterocycles. The third-order valence-corrected chi connectivity index (χ3v) is 5.72. The molecule has 3 aromatic rings. The van der Waals surface area contributed by atoms with Crippen molar-refractivity contribution in [3.8, 4) is 11.1 Å². The van der Waals surface area contributed by atoms with E-state index in [4.69, 9.17) is 0 Å². The van der Waals surface area contributed by atoms with E-state index in [0.717, 1.165) is 28.7 Å². The number of aliphatic hydroxyl groups is 1. The highest BCUT2D eigenvalue weighted by molar-refractivity contribution is 5.83. The summed E-state index contributed by atoms with van der Waals surface area (Å²) in [5, 5.41) is 19.0. The molecular formula is C27H30N2O4. The molecule has 0 fully saturated rings. The van der Waals surface area contributed by atoms with Gasteiger partial charge in [-0.3, -0.25) is 14.6 Å². The van der Waals surface area contributed by atoms with E-state index in [-0.39, 0.29) is 12.3 Å². The molecule has 6 nitrogen and oxygen atoms in total. The number of aliphatic hydroxyl groups excluding tert-OH is 1. The smallest absolute Gasteiger partial charge is 0.304 e. The van der Waals surface area contributed by atoms with Crippen LogP contribution in [0.25, 0.3) is 11.1 Å². The summed E-state index contributed by atoms with van der Waals surface area (Å²) in [6.45, 7) is -0.117. The fourth-order valence-corrected chi connectivity index (χ4v) is 3.89. The maximum atomic E-state index is 13.0. The molecule has 0 spiro atoms. The predicted octanol–water partition coefficient (Wildman–Crippen LogP) is 4.18. The Morgan fingerprint density at radius 1 is 0.879 bits per heavy atom. The van der Waals surface area contributed by atoms with E-state index < -0.39 is 18.6 Å². The van der Waals surface area contributed by atoms with Gasteiger partial charge in [0.2, 0.25) is 5.91 Å². The lowest BCUT2D eigenvalue weighted by molar-refractivity contribution is -0.146. The molecule has 0 saturated carbocycles. The zero-order chi connectivity index (χ0) is 23.5. The summed E-state index contributed by atoms with van der Waals surface area (Å²) in [6, 6.07) is 22.2. The normalized spacial score (nSPS) is 11.7. The highest BCUT2D eigenvalue weighted by Gasteiger charge is 2.26. The fraction of sp³-hybridized carbons (Fsp3) is 0.296. The van der Waals surface area contributed by atoms with E-state index in [2.05, 4.69) is 41.4 Å². The number of aliphatic carboxylic acids is 1. The number of hydrogen-bond donors (Lipinski definition) is 2. The van der Waals surface area contributed by atoms with Crippen LogP contribution in [-0.2, 0) is 22.4 Å². The third kappa shape index (κ3) is 7.54. The van der Waals surface area contributed by atoms with E-state index in [0.29, 0.717) is 25.8 Å². The summed E-state index contributed by atoms with van der Waals surface area (Å²) in [5.74, 6) is -1.99. The van der Waals surface area contributed by atoms with Gasteiger partial charge in [0.25, 0.3) is 0 Å². The number of amides is 1. The minimum absolute atomic E-state index is 0.241. The molecular weight excluding hydrogens is 416 g/mol. The SMILES string of the molecule is O=C(O)C[C@@H](CCCc1ccc(-c2ccccc2)cc1)C(=O)N(CO)CCc1cccnc1. The maximum Gasteiger partial charge on any atom is 0.304 e. The molecule has 0 bridgehead atoms. The molecule has 172 valence electrons. The molecule has 6 heteroatoms. The molecule has 0 aliphatic rings. The number of rotatable bonds is 12. The van der Waals surface area contributed by atoms with Gasteiger partial charge in [0, 0.05) is 24.9 Å². The van der Waals surface area contributed by atoms with Crippen molar-refractivity contribution in [3.63, 3.8) is 0 Å². The number of carbonyl (C=O) groups excluding carboxylic acids is 1. The van der Waals surface area contributed by atoms with Crippen LogP contribution in [0, 0.1) is 5.92 Å². The average Bonchev–Trinajstić information content (AvgIpc) is 2.85. The number of aryl methyl sites for hydroxylation is 1. The molecule has 0 radical (unpaired) electrons. The first-order valence-electron chi connectivity index (χ1n) is 11.2. The standard InChI is InChI=1S/C27H30N2O4/c30-20-29(17-15-22-7-5-16-28-19-22)27(33)25(18-26(31)32)10-4-6-21-11-13-24(14-12-21)23-8-2-1-3-9-23/h1-3,5,7-9,11-14,16,19,25,30H,4,6,10,15,17-18,20H2,(H,31,32)/t25-/m1/s1. The van der Waals surface area contributed by atoms with E-state index in [9.17, 15) is 19.8 Å². The maximum absolute atomic E-state index is 13.0. The van der Waals surface area contributed by atoms with Crippen molar-refractivity contribution in [2.75, 3.05) is 13.3 Å². The van der Waals surface area contributed by atoms with Gasteiger partial charge in [-0.2, -0.15) is 0 Å². The zero-order valence-electron chi connectivity index (χ0n) is 18.6. The monoisotopic (exact) mass is 446 g/mol. The molecule has 0 unspecified atom stereocenters. The van der Waals surface area contributed by atoms with Crippen molar-refractivity contribution >= 4 is 11.9 Å². The molecule has 1 atom stereocenters. The van der Waals surface area contributed by atoms with Crippen LogP contribution < -0.4 is 0 Å². The second-order valence-corrected chi connectivity index (χ2v) is 8.10. The Kier molecular flexibility index (Phi) is 9.15. The van der Waals surface area contributed by atoms with Crippen LogP contribution >= 0.6 is 0 Å². The summed E-state index contributed by atoms with van der Waals surface area (Å²) >= 11 is 0. The fourth-order valence-electron chi connectivity index (χ4n) is 3.89. The molecule has 2 aromatic carbocycles. The van der Waals surface area contributed by atoms with Crippen LogP contribution in [0.4, 0.5) is 0 Å². The quantitative estimate of drug-likeness (QED) is 0.407. The highest BCUT2D eigenvalue weighted by atomic mass is 16.4. The van der Waals surface area contributed by atoms with Crippen molar-refractivity contribution in [2.45, 2.75) is 32.1 Å². The summed E-state index contributed by atoms with van der Waals surface area (Å²) in [6.07, 6.45) is 5.61. The Bertz CT molecular complexity index is 1010. The van der Waals surface area contributed by atoms with Gasteiger partial charge in [0.15, 0.2) is 0 Å². The first kappa shape index (κ1) is 24.1. The first-order chi connectivity index (χ1) is 16.1. The van der Waals surface area contributed by atoms with Crippen molar-refractivity contribution in [1.29, 1.82) is 0 Å². The lowest BCUT2D eigenvalue weighted by Gasteiger charge is -2.25. The minimum atomic E-state index is -1.01. The molecule has 3 rings (SSSR count). The Morgan fingerprint density at radius 3 is 2.24 bits per heavy atom. The predicted molar refractivity (Wildman–Crippen MR) is 127 cm³/mol. The molecule has 0 aliphatic carbocycles. The van der Waals surface area contributed by atoms with E-state index in [1.54, 1.807) is 12.4 Å². The summed E-state index contributed by atoms with van der Waals surface area (Å²) in [5.41, 5.74) is 4.40. The Balaban J connectivity index is 1.55. The second-order valence-electron chi connectivity index (χ2n) is 8.10. The van der Waals surface area contributed by atoms with Gasteiger partial charge in [0.1, 0.15) is 6.73 Å². The van der Waals surface area contributed by atoms with Crippen LogP contribution in [0.2, 0.25) is 0 Å². The zero-order valence-corrected chi connectivity index (χ0v) is 18.6. The Labute approximate surface area is 194 Å². The number of nitrogens with zero attached hydrogens (tertiary/aromatic N) is 2. The lowest BCUT2D eigenvalue weighted by atomic mass is 9.94.